The molecule has 104 valence electrons. The van der Waals surface area contributed by atoms with Gasteiger partial charge in [-0.05, 0) is 0 Å². The summed E-state index contributed by atoms with van der Waals surface area (Å²) in [7, 11) is 0. The van der Waals surface area contributed by atoms with Gasteiger partial charge in [0.2, 0.25) is 0 Å². The molecule has 2 N–H and O–H groups in total. The topological polar surface area (TPSA) is 67.6 Å². The van der Waals surface area contributed by atoms with Crippen molar-refractivity contribution >= 4 is 29.0 Å². The maximum Gasteiger partial charge on any atom is 0.198 e. The van der Waals surface area contributed by atoms with Crippen molar-refractivity contribution in [3.63, 3.8) is 0 Å². The van der Waals surface area contributed by atoms with E-state index < -0.39 is 34.0 Å². The molecule has 0 spiro atoms. The van der Waals surface area contributed by atoms with E-state index in [-0.39, 0.29) is 17.1 Å². The van der Waals surface area contributed by atoms with Crippen molar-refractivity contribution in [1.29, 1.82) is 5.26 Å². The fourth-order valence-corrected chi connectivity index (χ4v) is 2.21. The zero-order valence-electron chi connectivity index (χ0n) is 9.59. The van der Waals surface area contributed by atoms with Crippen LogP contribution in [-0.4, -0.2) is 9.78 Å². The lowest BCUT2D eigenvalue weighted by Gasteiger charge is -2.13. The molecular weight excluding hydrogens is 316 g/mol. The van der Waals surface area contributed by atoms with Crippen molar-refractivity contribution < 1.29 is 13.2 Å². The second-order valence-electron chi connectivity index (χ2n) is 3.69. The Hall–Kier alpha value is -1.91. The lowest BCUT2D eigenvalue weighted by Crippen LogP contribution is -2.11. The summed E-state index contributed by atoms with van der Waals surface area (Å²) < 4.78 is 41.5. The molecule has 9 heteroatoms. The van der Waals surface area contributed by atoms with E-state index in [1.54, 1.807) is 6.07 Å². The molecule has 0 fully saturated rings. The van der Waals surface area contributed by atoms with Crippen LogP contribution in [-0.2, 0) is 5.88 Å². The summed E-state index contributed by atoms with van der Waals surface area (Å²) in [6.07, 6.45) is 0. The van der Waals surface area contributed by atoms with Crippen LogP contribution in [0.5, 0.6) is 0 Å². The van der Waals surface area contributed by atoms with Gasteiger partial charge in [0.1, 0.15) is 17.6 Å². The number of nitriles is 1. The number of rotatable bonds is 2. The molecule has 0 aliphatic rings. The van der Waals surface area contributed by atoms with E-state index in [0.717, 1.165) is 10.7 Å². The summed E-state index contributed by atoms with van der Waals surface area (Å²) in [5, 5.41) is 11.7. The Morgan fingerprint density at radius 1 is 1.30 bits per heavy atom. The Morgan fingerprint density at radius 3 is 2.45 bits per heavy atom. The van der Waals surface area contributed by atoms with Gasteiger partial charge < -0.3 is 5.73 Å². The molecule has 0 saturated carbocycles. The quantitative estimate of drug-likeness (QED) is 0.525. The van der Waals surface area contributed by atoms with Gasteiger partial charge in [0.25, 0.3) is 0 Å². The van der Waals surface area contributed by atoms with Crippen LogP contribution in [0.1, 0.15) is 11.3 Å². The monoisotopic (exact) mass is 320 g/mol. The van der Waals surface area contributed by atoms with E-state index in [9.17, 15) is 13.2 Å². The van der Waals surface area contributed by atoms with Crippen molar-refractivity contribution in [2.75, 3.05) is 5.73 Å². The Labute approximate surface area is 121 Å². The van der Waals surface area contributed by atoms with Crippen molar-refractivity contribution in [3.05, 3.63) is 39.8 Å². The van der Waals surface area contributed by atoms with Gasteiger partial charge in [-0.3, -0.25) is 0 Å². The fraction of sp³-hybridized carbons (Fsp3) is 0.0909. The maximum absolute atomic E-state index is 13.9. The number of benzene rings is 1. The van der Waals surface area contributed by atoms with Crippen LogP contribution < -0.4 is 5.73 Å². The number of nitrogen functional groups attached to an aromatic ring is 1. The Kier molecular flexibility index (Phi) is 3.79. The van der Waals surface area contributed by atoms with Gasteiger partial charge in [-0.15, -0.1) is 11.6 Å². The molecule has 1 heterocycles. The first-order valence-corrected chi connectivity index (χ1v) is 6.00. The molecule has 0 amide bonds. The van der Waals surface area contributed by atoms with Gasteiger partial charge in [-0.2, -0.15) is 10.4 Å². The van der Waals surface area contributed by atoms with Crippen molar-refractivity contribution in [2.45, 2.75) is 5.88 Å². The zero-order valence-corrected chi connectivity index (χ0v) is 11.1. The third kappa shape index (κ3) is 2.07. The van der Waals surface area contributed by atoms with Crippen LogP contribution in [0.2, 0.25) is 5.02 Å². The number of hydrogen-bond acceptors (Lipinski definition) is 3. The van der Waals surface area contributed by atoms with E-state index in [0.29, 0.717) is 0 Å². The molecule has 1 aromatic heterocycles. The largest absolute Gasteiger partial charge is 0.384 e. The number of nitrogens with zero attached hydrogens (tertiary/aromatic N) is 3. The van der Waals surface area contributed by atoms with E-state index in [2.05, 4.69) is 5.10 Å². The summed E-state index contributed by atoms with van der Waals surface area (Å²) in [6, 6.07) is 2.83. The molecule has 0 aliphatic heterocycles. The van der Waals surface area contributed by atoms with Gasteiger partial charge in [0.05, 0.1) is 10.9 Å². The molecule has 0 aliphatic carbocycles. The second kappa shape index (κ2) is 5.23. The highest BCUT2D eigenvalue weighted by atomic mass is 35.5. The highest BCUT2D eigenvalue weighted by molar-refractivity contribution is 6.32. The lowest BCUT2D eigenvalue weighted by molar-refractivity contribution is 0.442. The summed E-state index contributed by atoms with van der Waals surface area (Å²) in [5.41, 5.74) is 4.69. The normalized spacial score (nSPS) is 10.6. The standard InChI is InChI=1S/C11H5Cl2F3N4/c12-2-5-7(13)8(14)9(15)10(16)11(5)20-6(18)1-4(3-17)19-20/h1H,2,18H2. The van der Waals surface area contributed by atoms with E-state index in [1.165, 1.54) is 0 Å². The van der Waals surface area contributed by atoms with E-state index >= 15 is 0 Å². The smallest absolute Gasteiger partial charge is 0.198 e. The number of aromatic nitrogens is 2. The molecule has 2 rings (SSSR count). The fourth-order valence-electron chi connectivity index (χ4n) is 1.64. The molecule has 0 atom stereocenters. The predicted molar refractivity (Wildman–Crippen MR) is 67.1 cm³/mol. The minimum atomic E-state index is -1.77. The van der Waals surface area contributed by atoms with Crippen LogP contribution in [0.3, 0.4) is 0 Å². The van der Waals surface area contributed by atoms with Gasteiger partial charge >= 0.3 is 0 Å². The van der Waals surface area contributed by atoms with Crippen LogP contribution in [0, 0.1) is 28.8 Å². The molecule has 1 aromatic carbocycles. The van der Waals surface area contributed by atoms with Crippen molar-refractivity contribution in [3.8, 4) is 11.8 Å². The van der Waals surface area contributed by atoms with Gasteiger partial charge in [0.15, 0.2) is 23.1 Å². The Balaban J connectivity index is 2.86. The summed E-state index contributed by atoms with van der Waals surface area (Å²) in [6.45, 7) is 0. The molecule has 0 saturated heterocycles. The third-order valence-electron chi connectivity index (χ3n) is 2.53. The highest BCUT2D eigenvalue weighted by Gasteiger charge is 2.26. The molecule has 0 bridgehead atoms. The minimum absolute atomic E-state index is 0.122. The van der Waals surface area contributed by atoms with Crippen molar-refractivity contribution in [1.82, 2.24) is 9.78 Å². The summed E-state index contributed by atoms with van der Waals surface area (Å²) >= 11 is 11.2. The average molecular weight is 321 g/mol. The van der Waals surface area contributed by atoms with E-state index in [1.807, 2.05) is 0 Å². The number of hydrogen-bond donors (Lipinski definition) is 1. The average Bonchev–Trinajstić information content (AvgIpc) is 2.81. The van der Waals surface area contributed by atoms with Gasteiger partial charge in [0, 0.05) is 11.6 Å². The van der Waals surface area contributed by atoms with Gasteiger partial charge in [-0.1, -0.05) is 11.6 Å². The second-order valence-corrected chi connectivity index (χ2v) is 4.34. The SMILES string of the molecule is N#Cc1cc(N)n(-c2c(F)c(F)c(F)c(Cl)c2CCl)n1. The van der Waals surface area contributed by atoms with Crippen LogP contribution in [0.15, 0.2) is 6.07 Å². The van der Waals surface area contributed by atoms with Crippen LogP contribution >= 0.6 is 23.2 Å². The third-order valence-corrected chi connectivity index (χ3v) is 3.20. The van der Waals surface area contributed by atoms with E-state index in [4.69, 9.17) is 34.2 Å². The molecule has 0 radical (unpaired) electrons. The molecule has 0 unspecified atom stereocenters. The number of halogens is 5. The van der Waals surface area contributed by atoms with Gasteiger partial charge in [-0.25, -0.2) is 17.9 Å². The zero-order chi connectivity index (χ0) is 15.0. The number of alkyl halides is 1. The van der Waals surface area contributed by atoms with Crippen LogP contribution in [0.4, 0.5) is 19.0 Å². The van der Waals surface area contributed by atoms with Crippen LogP contribution in [0.25, 0.3) is 5.69 Å². The first kappa shape index (κ1) is 14.5. The molecule has 20 heavy (non-hydrogen) atoms. The maximum atomic E-state index is 13.9. The Bertz CT molecular complexity index is 736. The van der Waals surface area contributed by atoms with Crippen molar-refractivity contribution in [2.24, 2.45) is 0 Å². The Morgan fingerprint density at radius 2 is 1.95 bits per heavy atom. The summed E-state index contributed by atoms with van der Waals surface area (Å²) in [4.78, 5) is 0. The predicted octanol–water partition coefficient (Wildman–Crippen LogP) is 3.14. The molecule has 2 aromatic rings. The molecule has 4 nitrogen and oxygen atoms in total. The number of nitrogens with two attached hydrogens (primary N) is 1. The lowest BCUT2D eigenvalue weighted by atomic mass is 10.1. The first-order valence-electron chi connectivity index (χ1n) is 5.09. The highest BCUT2D eigenvalue weighted by Crippen LogP contribution is 2.33. The number of anilines is 1. The first-order chi connectivity index (χ1) is 9.42. The molecular formula is C11H5Cl2F3N4. The summed E-state index contributed by atoms with van der Waals surface area (Å²) in [5.74, 6) is -5.40. The minimum Gasteiger partial charge on any atom is -0.384 e.